The molecule has 0 saturated carbocycles. The molecule has 0 bridgehead atoms. The molecule has 0 unspecified atom stereocenters. The van der Waals surface area contributed by atoms with Gasteiger partial charge in [0.15, 0.2) is 8.32 Å². The number of rotatable bonds is 7. The van der Waals surface area contributed by atoms with Crippen molar-refractivity contribution in [2.45, 2.75) is 96.4 Å². The van der Waals surface area contributed by atoms with E-state index in [9.17, 15) is 13.5 Å². The molecule has 0 aliphatic carbocycles. The normalized spacial score (nSPS) is 15.2. The van der Waals surface area contributed by atoms with Crippen LogP contribution in [0.3, 0.4) is 0 Å². The van der Waals surface area contributed by atoms with Gasteiger partial charge in [0.2, 0.25) is 10.0 Å². The molecule has 0 aliphatic heterocycles. The molecular formula is C23H41NO4SSi2. The third kappa shape index (κ3) is 8.15. The highest BCUT2D eigenvalue weighted by Gasteiger charge is 2.39. The maximum Gasteiger partial charge on any atom is 0.241 e. The van der Waals surface area contributed by atoms with Crippen molar-refractivity contribution in [1.29, 1.82) is 0 Å². The van der Waals surface area contributed by atoms with Crippen LogP contribution in [0.2, 0.25) is 37.8 Å². The maximum atomic E-state index is 13.3. The summed E-state index contributed by atoms with van der Waals surface area (Å²) in [5.41, 5.74) is 5.51. The first-order valence-corrected chi connectivity index (χ1v) is 18.6. The molecule has 0 fully saturated rings. The molecule has 0 spiro atoms. The van der Waals surface area contributed by atoms with Crippen molar-refractivity contribution >= 4 is 26.4 Å². The van der Waals surface area contributed by atoms with Crippen LogP contribution in [0.1, 0.15) is 37.5 Å². The highest BCUT2D eigenvalue weighted by molar-refractivity contribution is 7.89. The lowest BCUT2D eigenvalue weighted by molar-refractivity contribution is 0.145. The molecule has 1 aromatic carbocycles. The number of benzene rings is 1. The molecule has 1 rings (SSSR count). The second kappa shape index (κ2) is 9.90. The maximum absolute atomic E-state index is 13.3. The summed E-state index contributed by atoms with van der Waals surface area (Å²) in [7, 11) is -7.75. The van der Waals surface area contributed by atoms with Gasteiger partial charge in [0, 0.05) is 0 Å². The molecule has 176 valence electrons. The quantitative estimate of drug-likeness (QED) is 0.441. The van der Waals surface area contributed by atoms with Gasteiger partial charge in [0.1, 0.15) is 14.2 Å². The van der Waals surface area contributed by atoms with E-state index in [1.165, 1.54) is 0 Å². The SMILES string of the molecule is Cc1cc(C)c(S(=O)(=O)N[C@@H](CO[Si](C)(C)C(C)(C)C)[C@H](O)C#C[Si](C)(C)C)c(C)c1. The molecule has 8 heteroatoms. The number of hydrogen-bond donors (Lipinski definition) is 2. The summed E-state index contributed by atoms with van der Waals surface area (Å²) >= 11 is 0. The van der Waals surface area contributed by atoms with Gasteiger partial charge in [-0.2, -0.15) is 0 Å². The fourth-order valence-corrected chi connectivity index (χ4v) is 6.23. The van der Waals surface area contributed by atoms with Crippen LogP contribution in [0.25, 0.3) is 0 Å². The van der Waals surface area contributed by atoms with Gasteiger partial charge in [-0.1, -0.05) is 64.0 Å². The topological polar surface area (TPSA) is 75.6 Å². The molecule has 0 aliphatic rings. The van der Waals surface area contributed by atoms with E-state index >= 15 is 0 Å². The molecule has 31 heavy (non-hydrogen) atoms. The van der Waals surface area contributed by atoms with Crippen molar-refractivity contribution in [1.82, 2.24) is 4.72 Å². The van der Waals surface area contributed by atoms with Gasteiger partial charge in [-0.25, -0.2) is 13.1 Å². The Kier molecular flexibility index (Phi) is 8.96. The number of aliphatic hydroxyl groups excluding tert-OH is 1. The number of hydrogen-bond acceptors (Lipinski definition) is 4. The van der Waals surface area contributed by atoms with Crippen molar-refractivity contribution < 1.29 is 18.0 Å². The van der Waals surface area contributed by atoms with Crippen LogP contribution in [0, 0.1) is 32.2 Å². The first-order valence-electron chi connectivity index (χ1n) is 10.7. The Labute approximate surface area is 192 Å². The Bertz CT molecular complexity index is 925. The predicted molar refractivity (Wildman–Crippen MR) is 135 cm³/mol. The van der Waals surface area contributed by atoms with Crippen LogP contribution < -0.4 is 4.72 Å². The zero-order valence-corrected chi connectivity index (χ0v) is 23.9. The second-order valence-corrected chi connectivity index (χ2v) is 22.2. The Morgan fingerprint density at radius 1 is 1.06 bits per heavy atom. The summed E-state index contributed by atoms with van der Waals surface area (Å²) in [6, 6.07) is 2.84. The summed E-state index contributed by atoms with van der Waals surface area (Å²) < 4.78 is 35.6. The van der Waals surface area contributed by atoms with Gasteiger partial charge in [-0.05, 0) is 50.0 Å². The lowest BCUT2D eigenvalue weighted by atomic mass is 10.1. The van der Waals surface area contributed by atoms with E-state index in [0.717, 1.165) is 5.56 Å². The van der Waals surface area contributed by atoms with Gasteiger partial charge >= 0.3 is 0 Å². The lowest BCUT2D eigenvalue weighted by Crippen LogP contribution is -2.50. The van der Waals surface area contributed by atoms with Crippen molar-refractivity contribution in [3.63, 3.8) is 0 Å². The number of aliphatic hydroxyl groups is 1. The molecule has 2 N–H and O–H groups in total. The monoisotopic (exact) mass is 483 g/mol. The Balaban J connectivity index is 3.32. The summed E-state index contributed by atoms with van der Waals surface area (Å²) in [5, 5.41) is 10.8. The zero-order valence-electron chi connectivity index (χ0n) is 21.1. The van der Waals surface area contributed by atoms with E-state index in [-0.39, 0.29) is 16.5 Å². The van der Waals surface area contributed by atoms with Crippen molar-refractivity contribution in [2.75, 3.05) is 6.61 Å². The molecule has 2 atom stereocenters. The van der Waals surface area contributed by atoms with E-state index in [4.69, 9.17) is 4.43 Å². The van der Waals surface area contributed by atoms with E-state index in [0.29, 0.717) is 11.1 Å². The van der Waals surface area contributed by atoms with Gasteiger partial charge in [0.05, 0.1) is 17.5 Å². The minimum atomic E-state index is -3.87. The predicted octanol–water partition coefficient (Wildman–Crippen LogP) is 4.52. The van der Waals surface area contributed by atoms with Gasteiger partial charge in [-0.3, -0.25) is 0 Å². The first-order chi connectivity index (χ1) is 13.8. The Hall–Kier alpha value is -0.956. The average Bonchev–Trinajstić information content (AvgIpc) is 2.53. The molecule has 0 saturated heterocycles. The molecule has 0 aromatic heterocycles. The van der Waals surface area contributed by atoms with E-state index in [2.05, 4.69) is 69.7 Å². The molecule has 5 nitrogen and oxygen atoms in total. The highest BCUT2D eigenvalue weighted by Crippen LogP contribution is 2.36. The van der Waals surface area contributed by atoms with Crippen LogP contribution >= 0.6 is 0 Å². The van der Waals surface area contributed by atoms with Crippen LogP contribution in [0.5, 0.6) is 0 Å². The number of sulfonamides is 1. The zero-order chi connectivity index (χ0) is 24.4. The lowest BCUT2D eigenvalue weighted by Gasteiger charge is -2.37. The first kappa shape index (κ1) is 28.1. The summed E-state index contributed by atoms with van der Waals surface area (Å²) in [6.07, 6.45) is -1.16. The van der Waals surface area contributed by atoms with Crippen LogP contribution in [-0.4, -0.2) is 48.7 Å². The van der Waals surface area contributed by atoms with Crippen molar-refractivity contribution in [3.8, 4) is 11.5 Å². The van der Waals surface area contributed by atoms with E-state index in [1.807, 2.05) is 19.1 Å². The largest absolute Gasteiger partial charge is 0.415 e. The van der Waals surface area contributed by atoms with Gasteiger partial charge < -0.3 is 9.53 Å². The van der Waals surface area contributed by atoms with Crippen LogP contribution in [0.15, 0.2) is 17.0 Å². The number of aryl methyl sites for hydroxylation is 3. The van der Waals surface area contributed by atoms with Crippen molar-refractivity contribution in [2.24, 2.45) is 0 Å². The molecule has 0 radical (unpaired) electrons. The molecule has 1 aromatic rings. The molecule has 0 amide bonds. The third-order valence-electron chi connectivity index (χ3n) is 5.59. The molecule has 0 heterocycles. The van der Waals surface area contributed by atoms with Crippen LogP contribution in [-0.2, 0) is 14.4 Å². The minimum absolute atomic E-state index is 0.0322. The van der Waals surface area contributed by atoms with Gasteiger partial charge in [-0.15, -0.1) is 5.54 Å². The smallest absolute Gasteiger partial charge is 0.241 e. The Morgan fingerprint density at radius 3 is 1.97 bits per heavy atom. The van der Waals surface area contributed by atoms with Gasteiger partial charge in [0.25, 0.3) is 0 Å². The standard InChI is InChI=1S/C23H41NO4SSi2/c1-17-14-18(2)22(19(3)15-17)29(26,27)24-20(21(25)12-13-30(7,8)9)16-28-31(10,11)23(4,5)6/h14-15,20-21,24-25H,16H2,1-11H3/t20-,21+/m0/s1. The average molecular weight is 484 g/mol. The summed E-state index contributed by atoms with van der Waals surface area (Å²) in [5.74, 6) is 2.89. The summed E-state index contributed by atoms with van der Waals surface area (Å²) in [6.45, 7) is 22.4. The highest BCUT2D eigenvalue weighted by atomic mass is 32.2. The minimum Gasteiger partial charge on any atom is -0.415 e. The van der Waals surface area contributed by atoms with E-state index < -0.39 is 38.6 Å². The van der Waals surface area contributed by atoms with Crippen molar-refractivity contribution in [3.05, 3.63) is 28.8 Å². The van der Waals surface area contributed by atoms with Crippen LogP contribution in [0.4, 0.5) is 0 Å². The number of nitrogens with one attached hydrogen (secondary N) is 1. The fourth-order valence-electron chi connectivity index (χ4n) is 2.94. The Morgan fingerprint density at radius 2 is 1.55 bits per heavy atom. The molecular weight excluding hydrogens is 442 g/mol. The fraction of sp³-hybridized carbons (Fsp3) is 0.652. The summed E-state index contributed by atoms with van der Waals surface area (Å²) in [4.78, 5) is 0.251. The third-order valence-corrected chi connectivity index (χ3v) is 12.8. The second-order valence-electron chi connectivity index (χ2n) is 11.0. The van der Waals surface area contributed by atoms with E-state index in [1.54, 1.807) is 13.8 Å².